The monoisotopic (exact) mass is 366 g/mol. The van der Waals surface area contributed by atoms with Gasteiger partial charge in [-0.15, -0.1) is 11.3 Å². The Labute approximate surface area is 132 Å². The standard InChI is InChI=1S/C14H8BrClN2OS/c15-9-5-8-6-12(20-14(8)17-7-9)13(19)18-11-3-1-10(16)2-4-11/h1-7H,(H,18,19). The van der Waals surface area contributed by atoms with Gasteiger partial charge in [0.1, 0.15) is 4.83 Å². The maximum absolute atomic E-state index is 12.2. The number of thiophene rings is 1. The molecule has 2 aromatic heterocycles. The molecule has 100 valence electrons. The first kappa shape index (κ1) is 13.5. The first-order valence-corrected chi connectivity index (χ1v) is 7.72. The van der Waals surface area contributed by atoms with Gasteiger partial charge in [-0.3, -0.25) is 4.79 Å². The van der Waals surface area contributed by atoms with Crippen LogP contribution in [-0.2, 0) is 0 Å². The molecule has 0 saturated carbocycles. The molecule has 6 heteroatoms. The molecular weight excluding hydrogens is 360 g/mol. The number of nitrogens with zero attached hydrogens (tertiary/aromatic N) is 1. The Hall–Kier alpha value is -1.43. The number of benzene rings is 1. The van der Waals surface area contributed by atoms with Gasteiger partial charge >= 0.3 is 0 Å². The van der Waals surface area contributed by atoms with E-state index in [0.29, 0.717) is 15.6 Å². The topological polar surface area (TPSA) is 42.0 Å². The number of carbonyl (C=O) groups excluding carboxylic acids is 1. The lowest BCUT2D eigenvalue weighted by Crippen LogP contribution is -2.09. The van der Waals surface area contributed by atoms with E-state index in [1.165, 1.54) is 11.3 Å². The van der Waals surface area contributed by atoms with Gasteiger partial charge in [0, 0.05) is 26.8 Å². The summed E-state index contributed by atoms with van der Waals surface area (Å²) >= 11 is 10.5. The minimum Gasteiger partial charge on any atom is -0.321 e. The van der Waals surface area contributed by atoms with Crippen LogP contribution in [-0.4, -0.2) is 10.9 Å². The predicted octanol–water partition coefficient (Wildman–Crippen LogP) is 4.96. The van der Waals surface area contributed by atoms with Crippen molar-refractivity contribution in [1.82, 2.24) is 4.98 Å². The Morgan fingerprint density at radius 2 is 2.00 bits per heavy atom. The molecule has 0 saturated heterocycles. The first-order valence-electron chi connectivity index (χ1n) is 5.74. The number of anilines is 1. The van der Waals surface area contributed by atoms with Crippen LogP contribution < -0.4 is 5.32 Å². The van der Waals surface area contributed by atoms with Gasteiger partial charge < -0.3 is 5.32 Å². The number of hydrogen-bond acceptors (Lipinski definition) is 3. The highest BCUT2D eigenvalue weighted by molar-refractivity contribution is 9.10. The quantitative estimate of drug-likeness (QED) is 0.695. The molecule has 0 atom stereocenters. The second-order valence-electron chi connectivity index (χ2n) is 4.12. The van der Waals surface area contributed by atoms with Gasteiger partial charge in [0.25, 0.3) is 5.91 Å². The van der Waals surface area contributed by atoms with Crippen LogP contribution in [0.4, 0.5) is 5.69 Å². The largest absolute Gasteiger partial charge is 0.321 e. The van der Waals surface area contributed by atoms with Gasteiger partial charge in [0.15, 0.2) is 0 Å². The van der Waals surface area contributed by atoms with Crippen LogP contribution in [0.15, 0.2) is 47.1 Å². The maximum Gasteiger partial charge on any atom is 0.265 e. The van der Waals surface area contributed by atoms with E-state index in [1.807, 2.05) is 12.1 Å². The third kappa shape index (κ3) is 2.85. The number of carbonyl (C=O) groups is 1. The molecule has 1 aromatic carbocycles. The normalized spacial score (nSPS) is 10.7. The van der Waals surface area contributed by atoms with Crippen molar-refractivity contribution in [3.8, 4) is 0 Å². The Bertz CT molecular complexity index is 785. The van der Waals surface area contributed by atoms with E-state index in [1.54, 1.807) is 30.5 Å². The Morgan fingerprint density at radius 1 is 1.25 bits per heavy atom. The molecule has 0 spiro atoms. The number of amides is 1. The Balaban J connectivity index is 1.86. The fourth-order valence-corrected chi connectivity index (χ4v) is 3.10. The second-order valence-corrected chi connectivity index (χ2v) is 6.50. The summed E-state index contributed by atoms with van der Waals surface area (Å²) in [5, 5.41) is 4.42. The lowest BCUT2D eigenvalue weighted by Gasteiger charge is -2.02. The zero-order valence-electron chi connectivity index (χ0n) is 10.1. The zero-order valence-corrected chi connectivity index (χ0v) is 13.2. The fourth-order valence-electron chi connectivity index (χ4n) is 1.74. The summed E-state index contributed by atoms with van der Waals surface area (Å²) in [6, 6.07) is 10.8. The summed E-state index contributed by atoms with van der Waals surface area (Å²) in [5.74, 6) is -0.147. The highest BCUT2D eigenvalue weighted by Gasteiger charge is 2.11. The van der Waals surface area contributed by atoms with E-state index in [-0.39, 0.29) is 5.91 Å². The molecule has 3 aromatic rings. The molecule has 0 aliphatic heterocycles. The van der Waals surface area contributed by atoms with Crippen molar-refractivity contribution < 1.29 is 4.79 Å². The summed E-state index contributed by atoms with van der Waals surface area (Å²) in [7, 11) is 0. The maximum atomic E-state index is 12.2. The van der Waals surface area contributed by atoms with Crippen molar-refractivity contribution in [2.45, 2.75) is 0 Å². The minimum atomic E-state index is -0.147. The number of halogens is 2. The SMILES string of the molecule is O=C(Nc1ccc(Cl)cc1)c1cc2cc(Br)cnc2s1. The zero-order chi connectivity index (χ0) is 14.1. The molecule has 0 aliphatic carbocycles. The van der Waals surface area contributed by atoms with Crippen LogP contribution in [0.1, 0.15) is 9.67 Å². The van der Waals surface area contributed by atoms with Gasteiger partial charge in [0.2, 0.25) is 0 Å². The van der Waals surface area contributed by atoms with Crippen molar-refractivity contribution in [3.63, 3.8) is 0 Å². The van der Waals surface area contributed by atoms with E-state index in [0.717, 1.165) is 14.7 Å². The summed E-state index contributed by atoms with van der Waals surface area (Å²) in [4.78, 5) is 17.9. The van der Waals surface area contributed by atoms with Crippen LogP contribution in [0.3, 0.4) is 0 Å². The third-order valence-electron chi connectivity index (χ3n) is 2.66. The lowest BCUT2D eigenvalue weighted by molar-refractivity contribution is 0.103. The van der Waals surface area contributed by atoms with Gasteiger partial charge in [-0.2, -0.15) is 0 Å². The van der Waals surface area contributed by atoms with Crippen molar-refractivity contribution in [2.24, 2.45) is 0 Å². The van der Waals surface area contributed by atoms with Crippen LogP contribution in [0.25, 0.3) is 10.2 Å². The lowest BCUT2D eigenvalue weighted by atomic mass is 10.3. The average Bonchev–Trinajstić information content (AvgIpc) is 2.84. The number of rotatable bonds is 2. The Morgan fingerprint density at radius 3 is 2.75 bits per heavy atom. The van der Waals surface area contributed by atoms with E-state index in [4.69, 9.17) is 11.6 Å². The van der Waals surface area contributed by atoms with Crippen LogP contribution in [0.5, 0.6) is 0 Å². The number of aromatic nitrogens is 1. The van der Waals surface area contributed by atoms with E-state index >= 15 is 0 Å². The fraction of sp³-hybridized carbons (Fsp3) is 0. The Kier molecular flexibility index (Phi) is 3.74. The van der Waals surface area contributed by atoms with Crippen LogP contribution >= 0.6 is 38.9 Å². The summed E-state index contributed by atoms with van der Waals surface area (Å²) in [5.41, 5.74) is 0.714. The first-order chi connectivity index (χ1) is 9.61. The van der Waals surface area contributed by atoms with Crippen molar-refractivity contribution in [3.05, 3.63) is 57.0 Å². The van der Waals surface area contributed by atoms with Crippen LogP contribution in [0, 0.1) is 0 Å². The third-order valence-corrected chi connectivity index (χ3v) is 4.41. The number of hydrogen-bond donors (Lipinski definition) is 1. The molecule has 0 aliphatic rings. The average molecular weight is 368 g/mol. The molecule has 20 heavy (non-hydrogen) atoms. The number of nitrogens with one attached hydrogen (secondary N) is 1. The molecule has 0 unspecified atom stereocenters. The van der Waals surface area contributed by atoms with E-state index in [9.17, 15) is 4.79 Å². The van der Waals surface area contributed by atoms with Crippen molar-refractivity contribution in [2.75, 3.05) is 5.32 Å². The second kappa shape index (κ2) is 5.52. The molecule has 0 fully saturated rings. The summed E-state index contributed by atoms with van der Waals surface area (Å²) < 4.78 is 0.896. The number of fused-ring (bicyclic) bond motifs is 1. The van der Waals surface area contributed by atoms with Gasteiger partial charge in [-0.1, -0.05) is 11.6 Å². The van der Waals surface area contributed by atoms with E-state index in [2.05, 4.69) is 26.2 Å². The van der Waals surface area contributed by atoms with Gasteiger partial charge in [-0.05, 0) is 52.3 Å². The van der Waals surface area contributed by atoms with Crippen LogP contribution in [0.2, 0.25) is 5.02 Å². The van der Waals surface area contributed by atoms with Crippen molar-refractivity contribution >= 4 is 60.7 Å². The smallest absolute Gasteiger partial charge is 0.265 e. The number of pyridine rings is 1. The summed E-state index contributed by atoms with van der Waals surface area (Å²) in [6.07, 6.45) is 1.72. The highest BCUT2D eigenvalue weighted by atomic mass is 79.9. The molecule has 0 bridgehead atoms. The molecule has 0 radical (unpaired) electrons. The highest BCUT2D eigenvalue weighted by Crippen LogP contribution is 2.26. The predicted molar refractivity (Wildman–Crippen MR) is 86.7 cm³/mol. The molecule has 2 heterocycles. The van der Waals surface area contributed by atoms with Gasteiger partial charge in [-0.25, -0.2) is 4.98 Å². The molecule has 3 nitrogen and oxygen atoms in total. The molecule has 1 N–H and O–H groups in total. The molecule has 1 amide bonds. The molecule has 3 rings (SSSR count). The minimum absolute atomic E-state index is 0.147. The molecular formula is C14H8BrClN2OS. The van der Waals surface area contributed by atoms with Gasteiger partial charge in [0.05, 0.1) is 4.88 Å². The van der Waals surface area contributed by atoms with Crippen molar-refractivity contribution in [1.29, 1.82) is 0 Å². The van der Waals surface area contributed by atoms with E-state index < -0.39 is 0 Å². The summed E-state index contributed by atoms with van der Waals surface area (Å²) in [6.45, 7) is 0.